The SMILES string of the molecule is COCCN1CCCC(O)(CN(C)C)C1=O. The Morgan fingerprint density at radius 3 is 2.81 bits per heavy atom. The fourth-order valence-electron chi connectivity index (χ4n) is 2.15. The summed E-state index contributed by atoms with van der Waals surface area (Å²) in [6.45, 7) is 2.18. The van der Waals surface area contributed by atoms with Crippen LogP contribution < -0.4 is 0 Å². The number of ether oxygens (including phenoxy) is 1. The second kappa shape index (κ2) is 5.61. The van der Waals surface area contributed by atoms with Crippen LogP contribution in [0.5, 0.6) is 0 Å². The number of nitrogens with zero attached hydrogens (tertiary/aromatic N) is 2. The largest absolute Gasteiger partial charge is 0.383 e. The average molecular weight is 230 g/mol. The molecule has 0 radical (unpaired) electrons. The van der Waals surface area contributed by atoms with Gasteiger partial charge in [0.25, 0.3) is 5.91 Å². The van der Waals surface area contributed by atoms with Crippen molar-refractivity contribution < 1.29 is 14.6 Å². The molecule has 0 saturated carbocycles. The van der Waals surface area contributed by atoms with Gasteiger partial charge in [0.05, 0.1) is 6.61 Å². The minimum absolute atomic E-state index is 0.162. The first kappa shape index (κ1) is 13.4. The van der Waals surface area contributed by atoms with Gasteiger partial charge >= 0.3 is 0 Å². The number of hydrogen-bond acceptors (Lipinski definition) is 4. The van der Waals surface area contributed by atoms with Crippen LogP contribution >= 0.6 is 0 Å². The highest BCUT2D eigenvalue weighted by Gasteiger charge is 2.42. The maximum atomic E-state index is 12.1. The Balaban J connectivity index is 2.62. The molecule has 0 aromatic heterocycles. The van der Waals surface area contributed by atoms with Crippen LogP contribution in [0.3, 0.4) is 0 Å². The van der Waals surface area contributed by atoms with Crippen molar-refractivity contribution in [3.8, 4) is 0 Å². The van der Waals surface area contributed by atoms with Crippen LogP contribution in [0.2, 0.25) is 0 Å². The van der Waals surface area contributed by atoms with Crippen molar-refractivity contribution in [3.63, 3.8) is 0 Å². The molecule has 0 aromatic rings. The Bertz CT molecular complexity index is 245. The molecule has 0 aliphatic carbocycles. The molecule has 1 unspecified atom stereocenters. The molecule has 1 atom stereocenters. The first-order valence-electron chi connectivity index (χ1n) is 5.65. The molecule has 1 heterocycles. The Morgan fingerprint density at radius 1 is 1.56 bits per heavy atom. The molecule has 0 spiro atoms. The number of aliphatic hydroxyl groups is 1. The Morgan fingerprint density at radius 2 is 2.25 bits per heavy atom. The van der Waals surface area contributed by atoms with Gasteiger partial charge in [-0.15, -0.1) is 0 Å². The highest BCUT2D eigenvalue weighted by Crippen LogP contribution is 2.23. The Hall–Kier alpha value is -0.650. The minimum atomic E-state index is -1.21. The van der Waals surface area contributed by atoms with Crippen molar-refractivity contribution in [2.75, 3.05) is 47.4 Å². The molecule has 1 aliphatic rings. The smallest absolute Gasteiger partial charge is 0.255 e. The van der Waals surface area contributed by atoms with Crippen molar-refractivity contribution in [2.24, 2.45) is 0 Å². The van der Waals surface area contributed by atoms with E-state index in [0.717, 1.165) is 13.0 Å². The summed E-state index contributed by atoms with van der Waals surface area (Å²) in [5.41, 5.74) is -1.21. The van der Waals surface area contributed by atoms with Crippen molar-refractivity contribution in [1.82, 2.24) is 9.80 Å². The highest BCUT2D eigenvalue weighted by molar-refractivity contribution is 5.86. The second-order valence-corrected chi connectivity index (χ2v) is 4.66. The lowest BCUT2D eigenvalue weighted by molar-refractivity contribution is -0.159. The minimum Gasteiger partial charge on any atom is -0.383 e. The van der Waals surface area contributed by atoms with E-state index in [1.54, 1.807) is 12.0 Å². The van der Waals surface area contributed by atoms with Gasteiger partial charge < -0.3 is 19.6 Å². The molecule has 1 saturated heterocycles. The topological polar surface area (TPSA) is 53.0 Å². The van der Waals surface area contributed by atoms with Crippen LogP contribution in [0, 0.1) is 0 Å². The summed E-state index contributed by atoms with van der Waals surface area (Å²) < 4.78 is 4.96. The molecule has 5 heteroatoms. The lowest BCUT2D eigenvalue weighted by Crippen LogP contribution is -2.58. The van der Waals surface area contributed by atoms with Gasteiger partial charge in [-0.25, -0.2) is 0 Å². The van der Waals surface area contributed by atoms with E-state index in [1.807, 2.05) is 19.0 Å². The fourth-order valence-corrected chi connectivity index (χ4v) is 2.15. The number of likely N-dealkylation sites (tertiary alicyclic amines) is 1. The number of carbonyl (C=O) groups is 1. The number of carbonyl (C=O) groups excluding carboxylic acids is 1. The number of rotatable bonds is 5. The molecule has 1 N–H and O–H groups in total. The summed E-state index contributed by atoms with van der Waals surface area (Å²) in [5.74, 6) is -0.162. The van der Waals surface area contributed by atoms with Crippen molar-refractivity contribution >= 4 is 5.91 Å². The van der Waals surface area contributed by atoms with Crippen LogP contribution in [0.4, 0.5) is 0 Å². The number of methoxy groups -OCH3 is 1. The molecule has 94 valence electrons. The number of likely N-dealkylation sites (N-methyl/N-ethyl adjacent to an activating group) is 1. The normalized spacial score (nSPS) is 26.6. The molecular weight excluding hydrogens is 208 g/mol. The molecular formula is C11H22N2O3. The third kappa shape index (κ3) is 3.17. The molecule has 0 bridgehead atoms. The van der Waals surface area contributed by atoms with E-state index < -0.39 is 5.60 Å². The zero-order valence-corrected chi connectivity index (χ0v) is 10.4. The van der Waals surface area contributed by atoms with E-state index in [1.165, 1.54) is 0 Å². The van der Waals surface area contributed by atoms with Gasteiger partial charge in [0.1, 0.15) is 0 Å². The molecule has 1 fully saturated rings. The van der Waals surface area contributed by atoms with Gasteiger partial charge in [-0.3, -0.25) is 4.79 Å². The quantitative estimate of drug-likeness (QED) is 0.695. The van der Waals surface area contributed by atoms with E-state index in [-0.39, 0.29) is 5.91 Å². The van der Waals surface area contributed by atoms with Gasteiger partial charge in [-0.1, -0.05) is 0 Å². The third-order valence-electron chi connectivity index (χ3n) is 2.85. The van der Waals surface area contributed by atoms with Gasteiger partial charge in [0.15, 0.2) is 5.60 Å². The van der Waals surface area contributed by atoms with Crippen LogP contribution in [-0.2, 0) is 9.53 Å². The van der Waals surface area contributed by atoms with Crippen molar-refractivity contribution in [2.45, 2.75) is 18.4 Å². The Labute approximate surface area is 97.0 Å². The number of piperidine rings is 1. The van der Waals surface area contributed by atoms with E-state index >= 15 is 0 Å². The van der Waals surface area contributed by atoms with Crippen LogP contribution in [0.15, 0.2) is 0 Å². The molecule has 1 rings (SSSR count). The molecule has 1 amide bonds. The highest BCUT2D eigenvalue weighted by atomic mass is 16.5. The van der Waals surface area contributed by atoms with Crippen LogP contribution in [0.1, 0.15) is 12.8 Å². The Kier molecular flexibility index (Phi) is 4.70. The zero-order valence-electron chi connectivity index (χ0n) is 10.4. The summed E-state index contributed by atoms with van der Waals surface area (Å²) in [5, 5.41) is 10.3. The van der Waals surface area contributed by atoms with Crippen LogP contribution in [-0.4, -0.2) is 73.9 Å². The fraction of sp³-hybridized carbons (Fsp3) is 0.909. The van der Waals surface area contributed by atoms with E-state index in [2.05, 4.69) is 0 Å². The van der Waals surface area contributed by atoms with Crippen molar-refractivity contribution in [1.29, 1.82) is 0 Å². The summed E-state index contributed by atoms with van der Waals surface area (Å²) in [6, 6.07) is 0. The molecule has 0 aromatic carbocycles. The molecule has 5 nitrogen and oxygen atoms in total. The predicted molar refractivity (Wildman–Crippen MR) is 61.2 cm³/mol. The lowest BCUT2D eigenvalue weighted by atomic mass is 9.91. The summed E-state index contributed by atoms with van der Waals surface area (Å²) >= 11 is 0. The maximum Gasteiger partial charge on any atom is 0.255 e. The predicted octanol–water partition coefficient (Wildman–Crippen LogP) is -0.452. The molecule has 16 heavy (non-hydrogen) atoms. The second-order valence-electron chi connectivity index (χ2n) is 4.66. The van der Waals surface area contributed by atoms with Crippen LogP contribution in [0.25, 0.3) is 0 Å². The zero-order chi connectivity index (χ0) is 12.2. The summed E-state index contributed by atoms with van der Waals surface area (Å²) in [7, 11) is 5.33. The lowest BCUT2D eigenvalue weighted by Gasteiger charge is -2.39. The van der Waals surface area contributed by atoms with E-state index in [0.29, 0.717) is 26.1 Å². The van der Waals surface area contributed by atoms with Gasteiger partial charge in [-0.2, -0.15) is 0 Å². The van der Waals surface area contributed by atoms with Crippen molar-refractivity contribution in [3.05, 3.63) is 0 Å². The van der Waals surface area contributed by atoms with Gasteiger partial charge in [0.2, 0.25) is 0 Å². The number of amides is 1. The van der Waals surface area contributed by atoms with Gasteiger partial charge in [-0.05, 0) is 26.9 Å². The maximum absolute atomic E-state index is 12.1. The van der Waals surface area contributed by atoms with Gasteiger partial charge in [0, 0.05) is 26.7 Å². The van der Waals surface area contributed by atoms with E-state index in [4.69, 9.17) is 4.74 Å². The monoisotopic (exact) mass is 230 g/mol. The average Bonchev–Trinajstić information content (AvgIpc) is 2.19. The van der Waals surface area contributed by atoms with E-state index in [9.17, 15) is 9.90 Å². The summed E-state index contributed by atoms with van der Waals surface area (Å²) in [4.78, 5) is 15.6. The first-order valence-corrected chi connectivity index (χ1v) is 5.65. The number of hydrogen-bond donors (Lipinski definition) is 1. The molecule has 1 aliphatic heterocycles. The summed E-state index contributed by atoms with van der Waals surface area (Å²) in [6.07, 6.45) is 1.40. The first-order chi connectivity index (χ1) is 7.49. The third-order valence-corrected chi connectivity index (χ3v) is 2.85. The standard InChI is InChI=1S/C11H22N2O3/c1-12(2)9-11(15)5-4-6-13(10(11)14)7-8-16-3/h15H,4-9H2,1-3H3.